The minimum atomic E-state index is -0.693. The highest BCUT2D eigenvalue weighted by Gasteiger charge is 2.45. The minimum absolute atomic E-state index is 0.180. The monoisotopic (exact) mass is 166 g/mol. The highest BCUT2D eigenvalue weighted by molar-refractivity contribution is 5.75. The lowest BCUT2D eigenvalue weighted by Gasteiger charge is -1.97. The van der Waals surface area contributed by atoms with Crippen LogP contribution in [0.25, 0.3) is 0 Å². The number of carbonyl (C=O) groups is 1. The van der Waals surface area contributed by atoms with Gasteiger partial charge in [-0.2, -0.15) is 5.10 Å². The first-order chi connectivity index (χ1) is 5.70. The predicted octanol–water partition coefficient (Wildman–Crippen LogP) is 0.608. The van der Waals surface area contributed by atoms with E-state index in [2.05, 4.69) is 5.10 Å². The van der Waals surface area contributed by atoms with Gasteiger partial charge in [0.15, 0.2) is 0 Å². The fourth-order valence-corrected chi connectivity index (χ4v) is 1.54. The van der Waals surface area contributed by atoms with Crippen LogP contribution >= 0.6 is 0 Å². The van der Waals surface area contributed by atoms with Gasteiger partial charge in [0.1, 0.15) is 0 Å². The number of nitrogens with zero attached hydrogens (tertiary/aromatic N) is 2. The van der Waals surface area contributed by atoms with Gasteiger partial charge in [0.2, 0.25) is 0 Å². The summed E-state index contributed by atoms with van der Waals surface area (Å²) in [6.45, 7) is 0. The fraction of sp³-hybridized carbons (Fsp3) is 0.500. The van der Waals surface area contributed by atoms with E-state index < -0.39 is 5.97 Å². The first-order valence-corrected chi connectivity index (χ1v) is 3.91. The van der Waals surface area contributed by atoms with Crippen molar-refractivity contribution in [3.8, 4) is 0 Å². The van der Waals surface area contributed by atoms with E-state index in [1.807, 2.05) is 13.1 Å². The van der Waals surface area contributed by atoms with Gasteiger partial charge in [0.05, 0.1) is 5.92 Å². The summed E-state index contributed by atoms with van der Waals surface area (Å²) in [5.41, 5.74) is 1.03. The van der Waals surface area contributed by atoms with Gasteiger partial charge in [-0.25, -0.2) is 0 Å². The third-order valence-electron chi connectivity index (χ3n) is 2.35. The van der Waals surface area contributed by atoms with Crippen LogP contribution in [0.2, 0.25) is 0 Å². The molecule has 12 heavy (non-hydrogen) atoms. The van der Waals surface area contributed by atoms with Crippen LogP contribution in [-0.2, 0) is 11.8 Å². The van der Waals surface area contributed by atoms with Gasteiger partial charge in [0.25, 0.3) is 0 Å². The Balaban J connectivity index is 2.15. The van der Waals surface area contributed by atoms with Crippen LogP contribution in [0.3, 0.4) is 0 Å². The second-order valence-electron chi connectivity index (χ2n) is 3.17. The highest BCUT2D eigenvalue weighted by atomic mass is 16.4. The molecule has 1 N–H and O–H groups in total. The summed E-state index contributed by atoms with van der Waals surface area (Å²) in [5.74, 6) is -0.684. The smallest absolute Gasteiger partial charge is 0.307 e. The van der Waals surface area contributed by atoms with E-state index in [4.69, 9.17) is 5.11 Å². The maximum atomic E-state index is 10.5. The molecule has 1 aromatic rings. The predicted molar refractivity (Wildman–Crippen MR) is 41.7 cm³/mol. The number of carboxylic acid groups (broad SMARTS) is 1. The fourth-order valence-electron chi connectivity index (χ4n) is 1.54. The number of carboxylic acids is 1. The molecule has 2 atom stereocenters. The van der Waals surface area contributed by atoms with E-state index in [1.165, 1.54) is 0 Å². The molecule has 1 aliphatic carbocycles. The minimum Gasteiger partial charge on any atom is -0.481 e. The Hall–Kier alpha value is -1.32. The van der Waals surface area contributed by atoms with Gasteiger partial charge < -0.3 is 5.11 Å². The van der Waals surface area contributed by atoms with Crippen molar-refractivity contribution < 1.29 is 9.90 Å². The molecule has 0 unspecified atom stereocenters. The molecular formula is C8H10N2O2. The zero-order chi connectivity index (χ0) is 8.72. The Morgan fingerprint density at radius 2 is 2.58 bits per heavy atom. The molecule has 0 bridgehead atoms. The molecule has 0 aliphatic heterocycles. The number of hydrogen-bond acceptors (Lipinski definition) is 2. The SMILES string of the molecule is Cn1nccc1[C@H]1C[C@@H]1C(=O)O. The lowest BCUT2D eigenvalue weighted by Crippen LogP contribution is -2.02. The Kier molecular flexibility index (Phi) is 1.43. The Morgan fingerprint density at radius 3 is 3.00 bits per heavy atom. The van der Waals surface area contributed by atoms with Crippen LogP contribution in [0, 0.1) is 5.92 Å². The first kappa shape index (κ1) is 7.34. The topological polar surface area (TPSA) is 55.1 Å². The molecule has 0 radical (unpaired) electrons. The van der Waals surface area contributed by atoms with Crippen molar-refractivity contribution in [2.75, 3.05) is 0 Å². The molecule has 4 nitrogen and oxygen atoms in total. The average molecular weight is 166 g/mol. The number of hydrogen-bond donors (Lipinski definition) is 1. The Labute approximate surface area is 69.8 Å². The number of rotatable bonds is 2. The summed E-state index contributed by atoms with van der Waals surface area (Å²) in [4.78, 5) is 10.5. The van der Waals surface area contributed by atoms with Gasteiger partial charge in [-0.1, -0.05) is 0 Å². The third-order valence-corrected chi connectivity index (χ3v) is 2.35. The molecular weight excluding hydrogens is 156 g/mol. The van der Waals surface area contributed by atoms with Crippen LogP contribution in [0.5, 0.6) is 0 Å². The largest absolute Gasteiger partial charge is 0.481 e. The Bertz CT molecular complexity index is 319. The molecule has 1 heterocycles. The summed E-state index contributed by atoms with van der Waals surface area (Å²) < 4.78 is 1.74. The van der Waals surface area contributed by atoms with Crippen LogP contribution in [0.15, 0.2) is 12.3 Å². The second-order valence-corrected chi connectivity index (χ2v) is 3.17. The molecule has 0 spiro atoms. The summed E-state index contributed by atoms with van der Waals surface area (Å²) in [6.07, 6.45) is 2.46. The van der Waals surface area contributed by atoms with Gasteiger partial charge in [-0.05, 0) is 12.5 Å². The van der Waals surface area contributed by atoms with Crippen molar-refractivity contribution in [1.29, 1.82) is 0 Å². The molecule has 2 rings (SSSR count). The number of aromatic nitrogens is 2. The standard InChI is InChI=1S/C8H10N2O2/c1-10-7(2-3-9-10)5-4-6(5)8(11)12/h2-3,5-6H,4H2,1H3,(H,11,12)/t5-,6-/m0/s1. The quantitative estimate of drug-likeness (QED) is 0.700. The van der Waals surface area contributed by atoms with Gasteiger partial charge in [-0.15, -0.1) is 0 Å². The maximum Gasteiger partial charge on any atom is 0.307 e. The maximum absolute atomic E-state index is 10.5. The molecule has 1 fully saturated rings. The van der Waals surface area contributed by atoms with E-state index in [-0.39, 0.29) is 11.8 Å². The van der Waals surface area contributed by atoms with Crippen molar-refractivity contribution in [1.82, 2.24) is 9.78 Å². The zero-order valence-electron chi connectivity index (χ0n) is 6.77. The van der Waals surface area contributed by atoms with E-state index in [0.717, 1.165) is 12.1 Å². The van der Waals surface area contributed by atoms with Crippen LogP contribution < -0.4 is 0 Å². The van der Waals surface area contributed by atoms with E-state index >= 15 is 0 Å². The van der Waals surface area contributed by atoms with E-state index in [0.29, 0.717) is 0 Å². The first-order valence-electron chi connectivity index (χ1n) is 3.91. The van der Waals surface area contributed by atoms with Crippen molar-refractivity contribution >= 4 is 5.97 Å². The van der Waals surface area contributed by atoms with Gasteiger partial charge in [0, 0.05) is 24.9 Å². The third kappa shape index (κ3) is 0.995. The molecule has 0 aromatic carbocycles. The second kappa shape index (κ2) is 2.33. The number of aliphatic carboxylic acids is 1. The lowest BCUT2D eigenvalue weighted by molar-refractivity contribution is -0.138. The van der Waals surface area contributed by atoms with Crippen molar-refractivity contribution in [2.45, 2.75) is 12.3 Å². The summed E-state index contributed by atoms with van der Waals surface area (Å²) in [5, 5.41) is 12.7. The summed E-state index contributed by atoms with van der Waals surface area (Å²) in [7, 11) is 1.84. The van der Waals surface area contributed by atoms with Crippen LogP contribution in [0.4, 0.5) is 0 Å². The van der Waals surface area contributed by atoms with Crippen molar-refractivity contribution in [3.63, 3.8) is 0 Å². The normalized spacial score (nSPS) is 27.1. The average Bonchev–Trinajstić information content (AvgIpc) is 2.70. The molecule has 1 saturated carbocycles. The molecule has 0 amide bonds. The van der Waals surface area contributed by atoms with Crippen molar-refractivity contribution in [2.24, 2.45) is 13.0 Å². The lowest BCUT2D eigenvalue weighted by atomic mass is 10.2. The summed E-state index contributed by atoms with van der Waals surface area (Å²) in [6, 6.07) is 1.88. The van der Waals surface area contributed by atoms with E-state index in [9.17, 15) is 4.79 Å². The zero-order valence-corrected chi connectivity index (χ0v) is 6.77. The molecule has 4 heteroatoms. The van der Waals surface area contributed by atoms with Gasteiger partial charge in [-0.3, -0.25) is 9.48 Å². The molecule has 64 valence electrons. The molecule has 1 aromatic heterocycles. The van der Waals surface area contributed by atoms with Crippen LogP contribution in [0.1, 0.15) is 18.0 Å². The van der Waals surface area contributed by atoms with Crippen molar-refractivity contribution in [3.05, 3.63) is 18.0 Å². The molecule has 1 aliphatic rings. The highest BCUT2D eigenvalue weighted by Crippen LogP contribution is 2.47. The van der Waals surface area contributed by atoms with Gasteiger partial charge >= 0.3 is 5.97 Å². The van der Waals surface area contributed by atoms with E-state index in [1.54, 1.807) is 10.9 Å². The number of aryl methyl sites for hydroxylation is 1. The Morgan fingerprint density at radius 1 is 1.83 bits per heavy atom. The summed E-state index contributed by atoms with van der Waals surface area (Å²) >= 11 is 0. The molecule has 0 saturated heterocycles. The van der Waals surface area contributed by atoms with Crippen LogP contribution in [-0.4, -0.2) is 20.9 Å².